The van der Waals surface area contributed by atoms with Crippen molar-refractivity contribution in [2.75, 3.05) is 25.6 Å². The van der Waals surface area contributed by atoms with Crippen LogP contribution < -0.4 is 10.1 Å². The zero-order valence-corrected chi connectivity index (χ0v) is 11.3. The number of likely N-dealkylation sites (N-methyl/N-ethyl adjacent to an activating group) is 1. The van der Waals surface area contributed by atoms with Crippen LogP contribution in [0.25, 0.3) is 0 Å². The Labute approximate surface area is 112 Å². The van der Waals surface area contributed by atoms with E-state index in [4.69, 9.17) is 9.84 Å². The molecular weight excluding hydrogens is 251 g/mol. The number of halogens is 1. The Morgan fingerprint density at radius 2 is 2.26 bits per heavy atom. The molecular formula is C13H19FN2O3. The summed E-state index contributed by atoms with van der Waals surface area (Å²) in [5.41, 5.74) is 0.336. The first-order valence-electron chi connectivity index (χ1n) is 6.06. The van der Waals surface area contributed by atoms with E-state index in [0.717, 1.165) is 0 Å². The van der Waals surface area contributed by atoms with Crippen LogP contribution in [0.2, 0.25) is 0 Å². The molecule has 5 nitrogen and oxygen atoms in total. The fraction of sp³-hybridized carbons (Fsp3) is 0.462. The summed E-state index contributed by atoms with van der Waals surface area (Å²) in [7, 11) is 1.56. The number of aliphatic hydroxyl groups excluding tert-OH is 1. The van der Waals surface area contributed by atoms with Crippen molar-refractivity contribution in [2.24, 2.45) is 0 Å². The maximum absolute atomic E-state index is 13.6. The molecule has 0 heterocycles. The molecule has 0 aliphatic carbocycles. The van der Waals surface area contributed by atoms with Gasteiger partial charge in [-0.1, -0.05) is 0 Å². The molecule has 0 saturated heterocycles. The summed E-state index contributed by atoms with van der Waals surface area (Å²) in [5.74, 6) is -0.380. The number of carbonyl (C=O) groups excluding carboxylic acids is 1. The molecule has 1 aromatic carbocycles. The second kappa shape index (κ2) is 6.94. The van der Waals surface area contributed by atoms with Crippen LogP contribution in [0.3, 0.4) is 0 Å². The SMILES string of the molecule is CCOc1ccc(NC(=O)N(C)C(C)CO)cc1F. The predicted molar refractivity (Wildman–Crippen MR) is 70.9 cm³/mol. The molecule has 19 heavy (non-hydrogen) atoms. The Kier molecular flexibility index (Phi) is 5.57. The average molecular weight is 270 g/mol. The van der Waals surface area contributed by atoms with Gasteiger partial charge in [0.2, 0.25) is 0 Å². The van der Waals surface area contributed by atoms with E-state index in [1.54, 1.807) is 27.0 Å². The van der Waals surface area contributed by atoms with Crippen molar-refractivity contribution in [3.8, 4) is 5.75 Å². The van der Waals surface area contributed by atoms with Gasteiger partial charge >= 0.3 is 6.03 Å². The van der Waals surface area contributed by atoms with Crippen LogP contribution in [0.5, 0.6) is 5.75 Å². The largest absolute Gasteiger partial charge is 0.491 e. The number of anilines is 1. The highest BCUT2D eigenvalue weighted by Gasteiger charge is 2.15. The summed E-state index contributed by atoms with van der Waals surface area (Å²) >= 11 is 0. The molecule has 0 aromatic heterocycles. The van der Waals surface area contributed by atoms with Gasteiger partial charge in [0, 0.05) is 18.8 Å². The molecule has 6 heteroatoms. The first kappa shape index (κ1) is 15.2. The van der Waals surface area contributed by atoms with Crippen molar-refractivity contribution < 1.29 is 19.0 Å². The van der Waals surface area contributed by atoms with E-state index in [9.17, 15) is 9.18 Å². The summed E-state index contributed by atoms with van der Waals surface area (Å²) in [4.78, 5) is 13.1. The zero-order chi connectivity index (χ0) is 14.4. The lowest BCUT2D eigenvalue weighted by molar-refractivity contribution is 0.166. The average Bonchev–Trinajstić information content (AvgIpc) is 2.40. The number of benzene rings is 1. The Bertz CT molecular complexity index is 440. The number of carbonyl (C=O) groups is 1. The molecule has 2 N–H and O–H groups in total. The van der Waals surface area contributed by atoms with Gasteiger partial charge in [-0.25, -0.2) is 9.18 Å². The maximum Gasteiger partial charge on any atom is 0.321 e. The van der Waals surface area contributed by atoms with Gasteiger partial charge in [0.05, 0.1) is 19.3 Å². The van der Waals surface area contributed by atoms with Crippen LogP contribution in [-0.4, -0.2) is 42.3 Å². The topological polar surface area (TPSA) is 61.8 Å². The van der Waals surface area contributed by atoms with Crippen LogP contribution in [0.15, 0.2) is 18.2 Å². The standard InChI is InChI=1S/C13H19FN2O3/c1-4-19-12-6-5-10(7-11(12)14)15-13(18)16(3)9(2)8-17/h5-7,9,17H,4,8H2,1-3H3,(H,15,18). The zero-order valence-electron chi connectivity index (χ0n) is 11.3. The fourth-order valence-electron chi connectivity index (χ4n) is 1.39. The third-order valence-electron chi connectivity index (χ3n) is 2.73. The lowest BCUT2D eigenvalue weighted by atomic mass is 10.3. The Balaban J connectivity index is 2.72. The van der Waals surface area contributed by atoms with Gasteiger partial charge in [-0.3, -0.25) is 0 Å². The molecule has 1 atom stereocenters. The number of amides is 2. The molecule has 1 unspecified atom stereocenters. The van der Waals surface area contributed by atoms with E-state index in [2.05, 4.69) is 5.32 Å². The minimum Gasteiger partial charge on any atom is -0.491 e. The molecule has 0 saturated carbocycles. The van der Waals surface area contributed by atoms with E-state index in [1.807, 2.05) is 0 Å². The minimum absolute atomic E-state index is 0.137. The van der Waals surface area contributed by atoms with Crippen LogP contribution in [0.4, 0.5) is 14.9 Å². The van der Waals surface area contributed by atoms with Crippen molar-refractivity contribution in [3.63, 3.8) is 0 Å². The van der Waals surface area contributed by atoms with Gasteiger partial charge in [-0.2, -0.15) is 0 Å². The van der Waals surface area contributed by atoms with E-state index in [-0.39, 0.29) is 18.4 Å². The quantitative estimate of drug-likeness (QED) is 0.861. The molecule has 0 bridgehead atoms. The third-order valence-corrected chi connectivity index (χ3v) is 2.73. The molecule has 1 aromatic rings. The smallest absolute Gasteiger partial charge is 0.321 e. The lowest BCUT2D eigenvalue weighted by Gasteiger charge is -2.23. The van der Waals surface area contributed by atoms with E-state index >= 15 is 0 Å². The molecule has 0 radical (unpaired) electrons. The second-order valence-electron chi connectivity index (χ2n) is 4.15. The molecule has 0 fully saturated rings. The maximum atomic E-state index is 13.6. The van der Waals surface area contributed by atoms with Crippen LogP contribution in [0.1, 0.15) is 13.8 Å². The van der Waals surface area contributed by atoms with Gasteiger partial charge in [0.1, 0.15) is 0 Å². The number of nitrogens with one attached hydrogen (secondary N) is 1. The van der Waals surface area contributed by atoms with Crippen molar-refractivity contribution in [1.29, 1.82) is 0 Å². The molecule has 2 amide bonds. The van der Waals surface area contributed by atoms with Crippen molar-refractivity contribution >= 4 is 11.7 Å². The normalized spacial score (nSPS) is 11.8. The summed E-state index contributed by atoms with van der Waals surface area (Å²) in [6, 6.07) is 3.49. The first-order valence-corrected chi connectivity index (χ1v) is 6.06. The molecule has 1 rings (SSSR count). The molecule has 0 spiro atoms. The Morgan fingerprint density at radius 1 is 1.58 bits per heavy atom. The Morgan fingerprint density at radius 3 is 2.79 bits per heavy atom. The summed E-state index contributed by atoms with van der Waals surface area (Å²) < 4.78 is 18.7. The lowest BCUT2D eigenvalue weighted by Crippen LogP contribution is -2.40. The van der Waals surface area contributed by atoms with Crippen LogP contribution in [0, 0.1) is 5.82 Å². The van der Waals surface area contributed by atoms with Crippen molar-refractivity contribution in [3.05, 3.63) is 24.0 Å². The predicted octanol–water partition coefficient (Wildman–Crippen LogP) is 2.07. The highest BCUT2D eigenvalue weighted by molar-refractivity contribution is 5.89. The number of hydrogen-bond donors (Lipinski definition) is 2. The van der Waals surface area contributed by atoms with E-state index < -0.39 is 11.8 Å². The fourth-order valence-corrected chi connectivity index (χ4v) is 1.39. The third kappa shape index (κ3) is 4.10. The van der Waals surface area contributed by atoms with Gasteiger partial charge in [0.15, 0.2) is 11.6 Å². The number of nitrogens with zero attached hydrogens (tertiary/aromatic N) is 1. The van der Waals surface area contributed by atoms with E-state index in [0.29, 0.717) is 12.3 Å². The number of ether oxygens (including phenoxy) is 1. The number of rotatable bonds is 5. The summed E-state index contributed by atoms with van der Waals surface area (Å²) in [6.07, 6.45) is 0. The number of aliphatic hydroxyl groups is 1. The molecule has 0 aliphatic heterocycles. The Hall–Kier alpha value is -1.82. The highest BCUT2D eigenvalue weighted by Crippen LogP contribution is 2.21. The summed E-state index contributed by atoms with van der Waals surface area (Å²) in [5, 5.41) is 11.5. The minimum atomic E-state index is -0.530. The van der Waals surface area contributed by atoms with Crippen LogP contribution in [-0.2, 0) is 0 Å². The van der Waals surface area contributed by atoms with Crippen LogP contribution >= 0.6 is 0 Å². The van der Waals surface area contributed by atoms with Gasteiger partial charge in [-0.05, 0) is 26.0 Å². The second-order valence-corrected chi connectivity index (χ2v) is 4.15. The van der Waals surface area contributed by atoms with Gasteiger partial charge < -0.3 is 20.1 Å². The molecule has 0 aliphatic rings. The molecule has 106 valence electrons. The first-order chi connectivity index (χ1) is 8.99. The van der Waals surface area contributed by atoms with Crippen molar-refractivity contribution in [1.82, 2.24) is 4.90 Å². The van der Waals surface area contributed by atoms with Gasteiger partial charge in [-0.15, -0.1) is 0 Å². The summed E-state index contributed by atoms with van der Waals surface area (Å²) in [6.45, 7) is 3.71. The van der Waals surface area contributed by atoms with Gasteiger partial charge in [0.25, 0.3) is 0 Å². The van der Waals surface area contributed by atoms with Crippen molar-refractivity contribution in [2.45, 2.75) is 19.9 Å². The number of urea groups is 1. The number of hydrogen-bond acceptors (Lipinski definition) is 3. The highest BCUT2D eigenvalue weighted by atomic mass is 19.1. The van der Waals surface area contributed by atoms with E-state index in [1.165, 1.54) is 17.0 Å². The monoisotopic (exact) mass is 270 g/mol.